The maximum Gasteiger partial charge on any atom is 0.265 e. The molecule has 156 valence electrons. The van der Waals surface area contributed by atoms with E-state index < -0.39 is 0 Å². The summed E-state index contributed by atoms with van der Waals surface area (Å²) in [6.45, 7) is 5.10. The number of ether oxygens (including phenoxy) is 1. The molecule has 0 spiro atoms. The number of anilines is 1. The Morgan fingerprint density at radius 3 is 2.48 bits per heavy atom. The Morgan fingerprint density at radius 1 is 1.03 bits per heavy atom. The van der Waals surface area contributed by atoms with Crippen LogP contribution in [0.2, 0.25) is 0 Å². The molecule has 2 fully saturated rings. The summed E-state index contributed by atoms with van der Waals surface area (Å²) >= 11 is 0. The Morgan fingerprint density at radius 2 is 1.76 bits per heavy atom. The number of amides is 3. The quantitative estimate of drug-likeness (QED) is 0.782. The molecule has 7 nitrogen and oxygen atoms in total. The molecular formula is C22H29N3O4. The van der Waals surface area contributed by atoms with Crippen LogP contribution in [0.15, 0.2) is 18.2 Å². The number of carbonyl (C=O) groups is 3. The first-order valence-electron chi connectivity index (χ1n) is 10.7. The van der Waals surface area contributed by atoms with E-state index in [-0.39, 0.29) is 30.9 Å². The van der Waals surface area contributed by atoms with Crippen molar-refractivity contribution in [2.24, 2.45) is 5.92 Å². The van der Waals surface area contributed by atoms with Gasteiger partial charge in [-0.25, -0.2) is 0 Å². The molecule has 2 saturated heterocycles. The molecule has 0 atom stereocenters. The van der Waals surface area contributed by atoms with Crippen molar-refractivity contribution in [1.82, 2.24) is 9.80 Å². The van der Waals surface area contributed by atoms with Crippen molar-refractivity contribution in [2.75, 3.05) is 44.2 Å². The van der Waals surface area contributed by atoms with Crippen LogP contribution in [0.3, 0.4) is 0 Å². The fraction of sp³-hybridized carbons (Fsp3) is 0.591. The standard InChI is InChI=1S/C22H29N3O4/c1-16-7-11-23(12-8-16)20(26)14-25-18-13-17(5-6-19(18)29-15-21(25)27)22(28)24-9-3-2-4-10-24/h5-6,13,16H,2-4,7-12,14-15H2,1H3. The fourth-order valence-corrected chi connectivity index (χ4v) is 4.28. The van der Waals surface area contributed by atoms with Crippen LogP contribution in [0.5, 0.6) is 5.75 Å². The lowest BCUT2D eigenvalue weighted by Gasteiger charge is -2.34. The zero-order valence-electron chi connectivity index (χ0n) is 17.1. The van der Waals surface area contributed by atoms with Crippen molar-refractivity contribution in [3.05, 3.63) is 23.8 Å². The molecule has 0 unspecified atom stereocenters. The van der Waals surface area contributed by atoms with Crippen molar-refractivity contribution in [3.8, 4) is 5.75 Å². The number of hydrogen-bond donors (Lipinski definition) is 0. The van der Waals surface area contributed by atoms with Gasteiger partial charge in [0.15, 0.2) is 6.61 Å². The largest absolute Gasteiger partial charge is 0.482 e. The molecule has 1 aromatic rings. The highest BCUT2D eigenvalue weighted by Crippen LogP contribution is 2.33. The van der Waals surface area contributed by atoms with Gasteiger partial charge in [-0.05, 0) is 56.2 Å². The minimum Gasteiger partial charge on any atom is -0.482 e. The van der Waals surface area contributed by atoms with E-state index in [1.54, 1.807) is 18.2 Å². The topological polar surface area (TPSA) is 70.2 Å². The Kier molecular flexibility index (Phi) is 5.74. The van der Waals surface area contributed by atoms with Crippen LogP contribution < -0.4 is 9.64 Å². The molecule has 3 amide bonds. The van der Waals surface area contributed by atoms with Gasteiger partial charge in [-0.2, -0.15) is 0 Å². The Bertz CT molecular complexity index is 795. The lowest BCUT2D eigenvalue weighted by atomic mass is 9.99. The number of benzene rings is 1. The van der Waals surface area contributed by atoms with Crippen LogP contribution in [-0.2, 0) is 9.59 Å². The highest BCUT2D eigenvalue weighted by atomic mass is 16.5. The maximum absolute atomic E-state index is 12.9. The van der Waals surface area contributed by atoms with Crippen LogP contribution in [0.4, 0.5) is 5.69 Å². The highest BCUT2D eigenvalue weighted by molar-refractivity contribution is 6.04. The first kappa shape index (κ1) is 19.7. The van der Waals surface area contributed by atoms with Crippen molar-refractivity contribution >= 4 is 23.4 Å². The Labute approximate surface area is 171 Å². The summed E-state index contributed by atoms with van der Waals surface area (Å²) in [7, 11) is 0. The average molecular weight is 399 g/mol. The van der Waals surface area contributed by atoms with Crippen molar-refractivity contribution in [2.45, 2.75) is 39.0 Å². The molecule has 29 heavy (non-hydrogen) atoms. The summed E-state index contributed by atoms with van der Waals surface area (Å²) in [5.74, 6) is 0.847. The van der Waals surface area contributed by atoms with Gasteiger partial charge in [0.25, 0.3) is 11.8 Å². The molecule has 3 heterocycles. The van der Waals surface area contributed by atoms with Gasteiger partial charge in [0, 0.05) is 31.7 Å². The van der Waals surface area contributed by atoms with E-state index in [0.29, 0.717) is 22.9 Å². The van der Waals surface area contributed by atoms with Gasteiger partial charge in [0.1, 0.15) is 12.3 Å². The van der Waals surface area contributed by atoms with E-state index in [2.05, 4.69) is 6.92 Å². The van der Waals surface area contributed by atoms with E-state index >= 15 is 0 Å². The molecule has 0 aliphatic carbocycles. The number of rotatable bonds is 3. The van der Waals surface area contributed by atoms with Gasteiger partial charge in [0.05, 0.1) is 5.69 Å². The molecule has 7 heteroatoms. The van der Waals surface area contributed by atoms with Gasteiger partial charge >= 0.3 is 0 Å². The Balaban J connectivity index is 1.53. The van der Waals surface area contributed by atoms with Crippen molar-refractivity contribution in [1.29, 1.82) is 0 Å². The molecule has 0 aromatic heterocycles. The first-order valence-corrected chi connectivity index (χ1v) is 10.7. The minimum atomic E-state index is -0.251. The number of nitrogens with zero attached hydrogens (tertiary/aromatic N) is 3. The minimum absolute atomic E-state index is 0.00900. The van der Waals surface area contributed by atoms with Crippen LogP contribution in [0, 0.1) is 5.92 Å². The average Bonchev–Trinajstić information content (AvgIpc) is 2.76. The van der Waals surface area contributed by atoms with E-state index in [1.165, 1.54) is 4.90 Å². The summed E-state index contributed by atoms with van der Waals surface area (Å²) in [5, 5.41) is 0. The SMILES string of the molecule is CC1CCN(C(=O)CN2C(=O)COc3ccc(C(=O)N4CCCCC4)cc32)CC1. The second-order valence-electron chi connectivity index (χ2n) is 8.37. The molecule has 0 saturated carbocycles. The lowest BCUT2D eigenvalue weighted by Crippen LogP contribution is -2.48. The van der Waals surface area contributed by atoms with Crippen LogP contribution in [0.1, 0.15) is 49.4 Å². The normalized spacial score (nSPS) is 20.3. The second-order valence-corrected chi connectivity index (χ2v) is 8.37. The smallest absolute Gasteiger partial charge is 0.265 e. The predicted octanol–water partition coefficient (Wildman–Crippen LogP) is 2.30. The predicted molar refractivity (Wildman–Crippen MR) is 109 cm³/mol. The zero-order valence-corrected chi connectivity index (χ0v) is 17.1. The van der Waals surface area contributed by atoms with Crippen molar-refractivity contribution < 1.29 is 19.1 Å². The highest BCUT2D eigenvalue weighted by Gasteiger charge is 2.31. The third-order valence-corrected chi connectivity index (χ3v) is 6.22. The molecule has 3 aliphatic heterocycles. The molecule has 1 aromatic carbocycles. The van der Waals surface area contributed by atoms with Crippen LogP contribution >= 0.6 is 0 Å². The number of hydrogen-bond acceptors (Lipinski definition) is 4. The molecular weight excluding hydrogens is 370 g/mol. The van der Waals surface area contributed by atoms with Gasteiger partial charge in [-0.15, -0.1) is 0 Å². The van der Waals surface area contributed by atoms with Crippen LogP contribution in [-0.4, -0.2) is 66.9 Å². The molecule has 0 radical (unpaired) electrons. The molecule has 4 rings (SSSR count). The third-order valence-electron chi connectivity index (χ3n) is 6.22. The molecule has 0 bridgehead atoms. The second kappa shape index (κ2) is 8.43. The van der Waals surface area contributed by atoms with Crippen LogP contribution in [0.25, 0.3) is 0 Å². The van der Waals surface area contributed by atoms with E-state index in [9.17, 15) is 14.4 Å². The van der Waals surface area contributed by atoms with E-state index in [1.807, 2.05) is 9.80 Å². The fourth-order valence-electron chi connectivity index (χ4n) is 4.28. The van der Waals surface area contributed by atoms with Gasteiger partial charge in [-0.1, -0.05) is 6.92 Å². The maximum atomic E-state index is 12.9. The zero-order chi connectivity index (χ0) is 20.4. The summed E-state index contributed by atoms with van der Waals surface area (Å²) in [5.41, 5.74) is 1.05. The molecule has 3 aliphatic rings. The number of likely N-dealkylation sites (tertiary alicyclic amines) is 2. The summed E-state index contributed by atoms with van der Waals surface area (Å²) in [6.07, 6.45) is 5.18. The summed E-state index contributed by atoms with van der Waals surface area (Å²) in [6, 6.07) is 5.19. The third kappa shape index (κ3) is 4.23. The molecule has 0 N–H and O–H groups in total. The summed E-state index contributed by atoms with van der Waals surface area (Å²) in [4.78, 5) is 43.4. The van der Waals surface area contributed by atoms with Gasteiger partial charge in [0.2, 0.25) is 5.91 Å². The summed E-state index contributed by atoms with van der Waals surface area (Å²) < 4.78 is 5.55. The first-order chi connectivity index (χ1) is 14.0. The Hall–Kier alpha value is -2.57. The lowest BCUT2D eigenvalue weighted by molar-refractivity contribution is -0.133. The van der Waals surface area contributed by atoms with E-state index in [4.69, 9.17) is 4.74 Å². The number of fused-ring (bicyclic) bond motifs is 1. The number of carbonyl (C=O) groups excluding carboxylic acids is 3. The van der Waals surface area contributed by atoms with Crippen molar-refractivity contribution in [3.63, 3.8) is 0 Å². The van der Waals surface area contributed by atoms with E-state index in [0.717, 1.165) is 58.3 Å². The number of piperidine rings is 2. The monoisotopic (exact) mass is 399 g/mol. The van der Waals surface area contributed by atoms with Gasteiger partial charge in [-0.3, -0.25) is 19.3 Å². The van der Waals surface area contributed by atoms with Gasteiger partial charge < -0.3 is 14.5 Å².